The molecule has 0 bridgehead atoms. The summed E-state index contributed by atoms with van der Waals surface area (Å²) >= 11 is 5.19. The molecule has 0 aromatic heterocycles. The van der Waals surface area contributed by atoms with Gasteiger partial charge in [0.15, 0.2) is 16.7 Å². The average Bonchev–Trinajstić information content (AvgIpc) is 2.43. The van der Waals surface area contributed by atoms with Crippen LogP contribution < -0.4 is 10.6 Å². The lowest BCUT2D eigenvalue weighted by Crippen LogP contribution is -2.31. The molecule has 0 unspecified atom stereocenters. The monoisotopic (exact) mass is 306 g/mol. The molecule has 110 valence electrons. The fraction of sp³-hybridized carbons (Fsp3) is 0.188. The summed E-state index contributed by atoms with van der Waals surface area (Å²) in [5.41, 5.74) is 2.70. The van der Waals surface area contributed by atoms with Crippen LogP contribution in [0.15, 0.2) is 42.5 Å². The van der Waals surface area contributed by atoms with Gasteiger partial charge < -0.3 is 10.6 Å². The fourth-order valence-electron chi connectivity index (χ4n) is 2.09. The maximum atomic E-state index is 13.1. The third-order valence-corrected chi connectivity index (χ3v) is 3.40. The lowest BCUT2D eigenvalue weighted by molar-refractivity contribution is 0.509. The highest BCUT2D eigenvalue weighted by atomic mass is 32.1. The van der Waals surface area contributed by atoms with Gasteiger partial charge in [0, 0.05) is 11.8 Å². The van der Waals surface area contributed by atoms with Crippen LogP contribution in [0.2, 0.25) is 0 Å². The molecule has 0 aliphatic carbocycles. The third kappa shape index (κ3) is 3.98. The molecule has 2 aromatic carbocycles. The molecule has 0 aliphatic rings. The van der Waals surface area contributed by atoms with Crippen molar-refractivity contribution in [3.05, 3.63) is 65.2 Å². The van der Waals surface area contributed by atoms with Crippen molar-refractivity contribution in [1.29, 1.82) is 0 Å². The van der Waals surface area contributed by atoms with Crippen LogP contribution in [0.4, 0.5) is 14.5 Å². The second-order valence-electron chi connectivity index (χ2n) is 4.81. The highest BCUT2D eigenvalue weighted by Gasteiger charge is 2.10. The zero-order valence-corrected chi connectivity index (χ0v) is 12.6. The zero-order valence-electron chi connectivity index (χ0n) is 11.8. The molecule has 0 aliphatic heterocycles. The standard InChI is InChI=1S/C16H16F2N2S/c1-10-5-3-4-6-13(10)11(2)19-16(21)20-12-7-8-14(17)15(18)9-12/h3-9,11H,1-2H3,(H2,19,20,21)/t11-/m1/s1. The molecule has 2 aromatic rings. The first kappa shape index (κ1) is 15.4. The average molecular weight is 306 g/mol. The lowest BCUT2D eigenvalue weighted by Gasteiger charge is -2.19. The van der Waals surface area contributed by atoms with Gasteiger partial charge in [0.1, 0.15) is 0 Å². The van der Waals surface area contributed by atoms with Gasteiger partial charge in [0.05, 0.1) is 6.04 Å². The van der Waals surface area contributed by atoms with Gasteiger partial charge in [-0.05, 0) is 49.3 Å². The molecule has 0 spiro atoms. The van der Waals surface area contributed by atoms with E-state index in [1.807, 2.05) is 38.1 Å². The van der Waals surface area contributed by atoms with E-state index >= 15 is 0 Å². The van der Waals surface area contributed by atoms with Gasteiger partial charge in [0.2, 0.25) is 0 Å². The number of rotatable bonds is 3. The molecule has 1 atom stereocenters. The van der Waals surface area contributed by atoms with Gasteiger partial charge in [0.25, 0.3) is 0 Å². The van der Waals surface area contributed by atoms with E-state index in [9.17, 15) is 8.78 Å². The molecule has 0 amide bonds. The van der Waals surface area contributed by atoms with Gasteiger partial charge in [-0.15, -0.1) is 0 Å². The molecule has 2 N–H and O–H groups in total. The quantitative estimate of drug-likeness (QED) is 0.826. The topological polar surface area (TPSA) is 24.1 Å². The van der Waals surface area contributed by atoms with E-state index in [1.54, 1.807) is 0 Å². The second kappa shape index (κ2) is 6.63. The van der Waals surface area contributed by atoms with Gasteiger partial charge >= 0.3 is 0 Å². The van der Waals surface area contributed by atoms with Crippen molar-refractivity contribution >= 4 is 23.0 Å². The van der Waals surface area contributed by atoms with Gasteiger partial charge in [-0.1, -0.05) is 24.3 Å². The Kier molecular flexibility index (Phi) is 4.85. The van der Waals surface area contributed by atoms with E-state index in [1.165, 1.54) is 6.07 Å². The van der Waals surface area contributed by atoms with E-state index in [4.69, 9.17) is 12.2 Å². The normalized spacial score (nSPS) is 11.8. The first-order valence-corrected chi connectivity index (χ1v) is 6.96. The van der Waals surface area contributed by atoms with Gasteiger partial charge in [-0.2, -0.15) is 0 Å². The number of anilines is 1. The highest BCUT2D eigenvalue weighted by molar-refractivity contribution is 7.80. The highest BCUT2D eigenvalue weighted by Crippen LogP contribution is 2.17. The van der Waals surface area contributed by atoms with E-state index < -0.39 is 11.6 Å². The maximum absolute atomic E-state index is 13.1. The molecule has 2 nitrogen and oxygen atoms in total. The van der Waals surface area contributed by atoms with Crippen LogP contribution in [0.3, 0.4) is 0 Å². The molecule has 2 rings (SSSR count). The predicted molar refractivity (Wildman–Crippen MR) is 85.3 cm³/mol. The molecule has 0 heterocycles. The fourth-order valence-corrected chi connectivity index (χ4v) is 2.38. The number of hydrogen-bond donors (Lipinski definition) is 2. The minimum Gasteiger partial charge on any atom is -0.356 e. The van der Waals surface area contributed by atoms with Gasteiger partial charge in [-0.25, -0.2) is 8.78 Å². The lowest BCUT2D eigenvalue weighted by atomic mass is 10.0. The Morgan fingerprint density at radius 3 is 2.48 bits per heavy atom. The Bertz CT molecular complexity index is 658. The van der Waals surface area contributed by atoms with Crippen molar-refractivity contribution in [1.82, 2.24) is 5.32 Å². The summed E-state index contributed by atoms with van der Waals surface area (Å²) in [5.74, 6) is -1.79. The second-order valence-corrected chi connectivity index (χ2v) is 5.21. The summed E-state index contributed by atoms with van der Waals surface area (Å²) in [6.45, 7) is 4.01. The van der Waals surface area contributed by atoms with Crippen LogP contribution in [-0.4, -0.2) is 5.11 Å². The molecule has 0 saturated heterocycles. The Hall–Kier alpha value is -2.01. The van der Waals surface area contributed by atoms with Gasteiger partial charge in [-0.3, -0.25) is 0 Å². The molecule has 21 heavy (non-hydrogen) atoms. The van der Waals surface area contributed by atoms with E-state index in [-0.39, 0.29) is 6.04 Å². The summed E-state index contributed by atoms with van der Waals surface area (Å²) in [5, 5.41) is 6.33. The van der Waals surface area contributed by atoms with E-state index in [0.29, 0.717) is 10.8 Å². The van der Waals surface area contributed by atoms with Crippen molar-refractivity contribution in [2.24, 2.45) is 0 Å². The Morgan fingerprint density at radius 1 is 1.10 bits per heavy atom. The van der Waals surface area contributed by atoms with Crippen LogP contribution in [0, 0.1) is 18.6 Å². The SMILES string of the molecule is Cc1ccccc1[C@@H](C)NC(=S)Nc1ccc(F)c(F)c1. The van der Waals surface area contributed by atoms with Crippen LogP contribution in [0.1, 0.15) is 24.1 Å². The largest absolute Gasteiger partial charge is 0.356 e. The molecular weight excluding hydrogens is 290 g/mol. The van der Waals surface area contributed by atoms with Crippen molar-refractivity contribution < 1.29 is 8.78 Å². The van der Waals surface area contributed by atoms with E-state index in [2.05, 4.69) is 10.6 Å². The minimum atomic E-state index is -0.908. The maximum Gasteiger partial charge on any atom is 0.171 e. The number of aryl methyl sites for hydroxylation is 1. The number of thiocarbonyl (C=S) groups is 1. The Labute approximate surface area is 128 Å². The Morgan fingerprint density at radius 2 is 1.81 bits per heavy atom. The van der Waals surface area contributed by atoms with Crippen LogP contribution >= 0.6 is 12.2 Å². The van der Waals surface area contributed by atoms with Crippen molar-refractivity contribution in [2.45, 2.75) is 19.9 Å². The molecule has 0 saturated carbocycles. The van der Waals surface area contributed by atoms with Crippen LogP contribution in [0.25, 0.3) is 0 Å². The van der Waals surface area contributed by atoms with E-state index in [0.717, 1.165) is 23.3 Å². The summed E-state index contributed by atoms with van der Waals surface area (Å²) in [6, 6.07) is 11.6. The summed E-state index contributed by atoms with van der Waals surface area (Å²) in [7, 11) is 0. The molecule has 5 heteroatoms. The van der Waals surface area contributed by atoms with Crippen molar-refractivity contribution in [2.75, 3.05) is 5.32 Å². The third-order valence-electron chi connectivity index (χ3n) is 3.18. The first-order chi connectivity index (χ1) is 9.97. The molecular formula is C16H16F2N2S. The van der Waals surface area contributed by atoms with Crippen molar-refractivity contribution in [3.63, 3.8) is 0 Å². The Balaban J connectivity index is 2.01. The zero-order chi connectivity index (χ0) is 15.4. The smallest absolute Gasteiger partial charge is 0.171 e. The summed E-state index contributed by atoms with van der Waals surface area (Å²) in [6.07, 6.45) is 0. The van der Waals surface area contributed by atoms with Crippen LogP contribution in [0.5, 0.6) is 0 Å². The summed E-state index contributed by atoms with van der Waals surface area (Å²) in [4.78, 5) is 0. The van der Waals surface area contributed by atoms with Crippen LogP contribution in [-0.2, 0) is 0 Å². The number of halogens is 2. The number of hydrogen-bond acceptors (Lipinski definition) is 1. The molecule has 0 radical (unpaired) electrons. The predicted octanol–water partition coefficient (Wildman–Crippen LogP) is 4.32. The van der Waals surface area contributed by atoms with Crippen molar-refractivity contribution in [3.8, 4) is 0 Å². The summed E-state index contributed by atoms with van der Waals surface area (Å²) < 4.78 is 26.0. The molecule has 0 fully saturated rings. The minimum absolute atomic E-state index is 0.0106. The first-order valence-electron chi connectivity index (χ1n) is 6.55. The number of nitrogens with one attached hydrogen (secondary N) is 2. The number of benzene rings is 2.